The minimum atomic E-state index is -0.429. The summed E-state index contributed by atoms with van der Waals surface area (Å²) in [6.45, 7) is 6.02. The normalized spacial score (nSPS) is 23.2. The Bertz CT molecular complexity index is 337. The predicted octanol–water partition coefficient (Wildman–Crippen LogP) is 1.21. The zero-order valence-corrected chi connectivity index (χ0v) is 12.9. The maximum atomic E-state index is 11.9. The van der Waals surface area contributed by atoms with Crippen LogP contribution in [0.25, 0.3) is 0 Å². The summed E-state index contributed by atoms with van der Waals surface area (Å²) in [5, 5.41) is 15.1. The molecule has 3 N–H and O–H groups in total. The van der Waals surface area contributed by atoms with Crippen LogP contribution in [0.4, 0.5) is 0 Å². The van der Waals surface area contributed by atoms with E-state index in [2.05, 4.69) is 10.6 Å². The molecule has 1 rings (SSSR count). The molecule has 116 valence electrons. The van der Waals surface area contributed by atoms with Gasteiger partial charge in [0.1, 0.15) is 0 Å². The number of amides is 2. The lowest BCUT2D eigenvalue weighted by Crippen LogP contribution is -2.44. The summed E-state index contributed by atoms with van der Waals surface area (Å²) in [7, 11) is 0. The van der Waals surface area contributed by atoms with Crippen molar-refractivity contribution in [3.8, 4) is 0 Å². The van der Waals surface area contributed by atoms with Gasteiger partial charge in [-0.2, -0.15) is 0 Å². The minimum absolute atomic E-state index is 0.0452. The van der Waals surface area contributed by atoms with Crippen molar-refractivity contribution in [2.24, 2.45) is 11.3 Å². The summed E-state index contributed by atoms with van der Waals surface area (Å²) in [5.74, 6) is 0.0811. The molecule has 0 aromatic carbocycles. The Labute approximate surface area is 121 Å². The molecule has 0 bridgehead atoms. The lowest BCUT2D eigenvalue weighted by molar-refractivity contribution is -0.128. The van der Waals surface area contributed by atoms with Crippen molar-refractivity contribution in [2.75, 3.05) is 13.2 Å². The Hall–Kier alpha value is -1.10. The van der Waals surface area contributed by atoms with E-state index in [9.17, 15) is 14.7 Å². The molecule has 2 amide bonds. The molecule has 2 unspecified atom stereocenters. The Kier molecular flexibility index (Phi) is 6.46. The average Bonchev–Trinajstić information content (AvgIpc) is 2.38. The van der Waals surface area contributed by atoms with Gasteiger partial charge in [0, 0.05) is 36.9 Å². The summed E-state index contributed by atoms with van der Waals surface area (Å²) in [5.41, 5.74) is -0.429. The van der Waals surface area contributed by atoms with E-state index >= 15 is 0 Å². The van der Waals surface area contributed by atoms with Crippen LogP contribution in [0.2, 0.25) is 0 Å². The van der Waals surface area contributed by atoms with E-state index in [1.807, 2.05) is 20.8 Å². The number of nitrogens with one attached hydrogen (secondary N) is 2. The molecule has 0 aliphatic heterocycles. The summed E-state index contributed by atoms with van der Waals surface area (Å²) in [6.07, 6.45) is 4.42. The zero-order valence-electron chi connectivity index (χ0n) is 12.9. The molecule has 1 aliphatic rings. The zero-order chi connectivity index (χ0) is 15.2. The fourth-order valence-electron chi connectivity index (χ4n) is 2.45. The standard InChI is InChI=1S/C15H28N2O3/c1-15(2,3)14(20)16-9-8-13(19)17-12-7-5-4-6-11(12)10-18/h11-12,18H,4-10H2,1-3H3,(H,16,20)(H,17,19). The van der Waals surface area contributed by atoms with Crippen LogP contribution in [-0.2, 0) is 9.59 Å². The van der Waals surface area contributed by atoms with Crippen LogP contribution in [0.15, 0.2) is 0 Å². The quantitative estimate of drug-likeness (QED) is 0.710. The second kappa shape index (κ2) is 7.62. The molecular formula is C15H28N2O3. The van der Waals surface area contributed by atoms with Crippen LogP contribution in [0.1, 0.15) is 52.9 Å². The smallest absolute Gasteiger partial charge is 0.225 e. The molecule has 1 saturated carbocycles. The Morgan fingerprint density at radius 2 is 1.85 bits per heavy atom. The number of hydrogen-bond acceptors (Lipinski definition) is 3. The number of hydrogen-bond donors (Lipinski definition) is 3. The van der Waals surface area contributed by atoms with Crippen LogP contribution in [0.3, 0.4) is 0 Å². The van der Waals surface area contributed by atoms with Crippen molar-refractivity contribution in [2.45, 2.75) is 58.9 Å². The number of carbonyl (C=O) groups excluding carboxylic acids is 2. The number of aliphatic hydroxyl groups excluding tert-OH is 1. The van der Waals surface area contributed by atoms with Gasteiger partial charge in [-0.05, 0) is 12.8 Å². The van der Waals surface area contributed by atoms with Gasteiger partial charge in [-0.1, -0.05) is 33.6 Å². The topological polar surface area (TPSA) is 78.4 Å². The lowest BCUT2D eigenvalue weighted by atomic mass is 9.85. The van der Waals surface area contributed by atoms with Crippen LogP contribution in [0, 0.1) is 11.3 Å². The van der Waals surface area contributed by atoms with Crippen LogP contribution in [0.5, 0.6) is 0 Å². The molecule has 0 spiro atoms. The Balaban J connectivity index is 2.28. The molecule has 0 heterocycles. The first-order valence-electron chi connectivity index (χ1n) is 7.53. The summed E-state index contributed by atoms with van der Waals surface area (Å²) < 4.78 is 0. The maximum absolute atomic E-state index is 11.9. The highest BCUT2D eigenvalue weighted by molar-refractivity contribution is 5.82. The van der Waals surface area contributed by atoms with Gasteiger partial charge in [0.15, 0.2) is 0 Å². The van der Waals surface area contributed by atoms with Gasteiger partial charge >= 0.3 is 0 Å². The van der Waals surface area contributed by atoms with Crippen molar-refractivity contribution in [1.29, 1.82) is 0 Å². The van der Waals surface area contributed by atoms with Gasteiger partial charge in [0.05, 0.1) is 0 Å². The molecule has 0 aromatic heterocycles. The highest BCUT2D eigenvalue weighted by atomic mass is 16.3. The fourth-order valence-corrected chi connectivity index (χ4v) is 2.45. The molecule has 0 saturated heterocycles. The van der Waals surface area contributed by atoms with Crippen LogP contribution < -0.4 is 10.6 Å². The van der Waals surface area contributed by atoms with Crippen LogP contribution in [-0.4, -0.2) is 36.1 Å². The first-order chi connectivity index (χ1) is 9.34. The minimum Gasteiger partial charge on any atom is -0.396 e. The highest BCUT2D eigenvalue weighted by Crippen LogP contribution is 2.23. The van der Waals surface area contributed by atoms with Crippen molar-refractivity contribution in [1.82, 2.24) is 10.6 Å². The second-order valence-corrected chi connectivity index (χ2v) is 6.66. The summed E-state index contributed by atoms with van der Waals surface area (Å²) in [4.78, 5) is 23.5. The largest absolute Gasteiger partial charge is 0.396 e. The molecule has 0 aromatic rings. The highest BCUT2D eigenvalue weighted by Gasteiger charge is 2.26. The van der Waals surface area contributed by atoms with E-state index < -0.39 is 5.41 Å². The predicted molar refractivity (Wildman–Crippen MR) is 78.1 cm³/mol. The number of carbonyl (C=O) groups is 2. The SMILES string of the molecule is CC(C)(C)C(=O)NCCC(=O)NC1CCCCC1CO. The molecular weight excluding hydrogens is 256 g/mol. The monoisotopic (exact) mass is 284 g/mol. The first-order valence-corrected chi connectivity index (χ1v) is 7.53. The molecule has 1 fully saturated rings. The van der Waals surface area contributed by atoms with E-state index in [0.717, 1.165) is 25.7 Å². The Morgan fingerprint density at radius 1 is 1.20 bits per heavy atom. The van der Waals surface area contributed by atoms with Gasteiger partial charge in [-0.3, -0.25) is 9.59 Å². The van der Waals surface area contributed by atoms with Crippen molar-refractivity contribution < 1.29 is 14.7 Å². The molecule has 5 heteroatoms. The first kappa shape index (κ1) is 17.0. The van der Waals surface area contributed by atoms with Gasteiger partial charge in [-0.25, -0.2) is 0 Å². The molecule has 20 heavy (non-hydrogen) atoms. The average molecular weight is 284 g/mol. The van der Waals surface area contributed by atoms with Crippen molar-refractivity contribution >= 4 is 11.8 Å². The van der Waals surface area contributed by atoms with Gasteiger partial charge < -0.3 is 15.7 Å². The Morgan fingerprint density at radius 3 is 2.45 bits per heavy atom. The molecule has 5 nitrogen and oxygen atoms in total. The maximum Gasteiger partial charge on any atom is 0.225 e. The van der Waals surface area contributed by atoms with E-state index in [-0.39, 0.29) is 36.8 Å². The van der Waals surface area contributed by atoms with E-state index in [1.165, 1.54) is 0 Å². The third-order valence-electron chi connectivity index (χ3n) is 3.81. The van der Waals surface area contributed by atoms with E-state index in [1.54, 1.807) is 0 Å². The number of rotatable bonds is 5. The molecule has 2 atom stereocenters. The van der Waals surface area contributed by atoms with E-state index in [4.69, 9.17) is 0 Å². The number of aliphatic hydroxyl groups is 1. The van der Waals surface area contributed by atoms with E-state index in [0.29, 0.717) is 6.54 Å². The fraction of sp³-hybridized carbons (Fsp3) is 0.867. The summed E-state index contributed by atoms with van der Waals surface area (Å²) >= 11 is 0. The van der Waals surface area contributed by atoms with Crippen molar-refractivity contribution in [3.05, 3.63) is 0 Å². The van der Waals surface area contributed by atoms with Crippen molar-refractivity contribution in [3.63, 3.8) is 0 Å². The third kappa shape index (κ3) is 5.49. The van der Waals surface area contributed by atoms with Gasteiger partial charge in [0.2, 0.25) is 11.8 Å². The van der Waals surface area contributed by atoms with Gasteiger partial charge in [-0.15, -0.1) is 0 Å². The molecule has 1 aliphatic carbocycles. The molecule has 0 radical (unpaired) electrons. The third-order valence-corrected chi connectivity index (χ3v) is 3.81. The lowest BCUT2D eigenvalue weighted by Gasteiger charge is -2.30. The van der Waals surface area contributed by atoms with Gasteiger partial charge in [0.25, 0.3) is 0 Å². The van der Waals surface area contributed by atoms with Crippen LogP contribution >= 0.6 is 0 Å². The summed E-state index contributed by atoms with van der Waals surface area (Å²) in [6, 6.07) is 0.0829. The second-order valence-electron chi connectivity index (χ2n) is 6.66.